The molecule has 0 saturated heterocycles. The van der Waals surface area contributed by atoms with Crippen LogP contribution in [0.2, 0.25) is 0 Å². The second kappa shape index (κ2) is 4.29. The van der Waals surface area contributed by atoms with Crippen LogP contribution in [0.25, 0.3) is 10.9 Å². The summed E-state index contributed by atoms with van der Waals surface area (Å²) in [7, 11) is 2.86. The van der Waals surface area contributed by atoms with E-state index in [0.717, 1.165) is 5.39 Å². The standard InChI is InChI=1S/C12H11NO4/c1-16-10-7-5-3-4-6-8(7)13-9(12(14)15)11(10)17-2/h3-6H,1-2H3,(H,14,15). The molecule has 5 heteroatoms. The Labute approximate surface area is 97.6 Å². The Morgan fingerprint density at radius 1 is 1.18 bits per heavy atom. The molecule has 0 saturated carbocycles. The maximum atomic E-state index is 11.1. The number of para-hydroxylation sites is 1. The Morgan fingerprint density at radius 3 is 2.41 bits per heavy atom. The zero-order chi connectivity index (χ0) is 12.4. The Morgan fingerprint density at radius 2 is 1.82 bits per heavy atom. The lowest BCUT2D eigenvalue weighted by Crippen LogP contribution is -2.06. The molecule has 1 heterocycles. The zero-order valence-electron chi connectivity index (χ0n) is 9.43. The first-order valence-electron chi connectivity index (χ1n) is 4.93. The molecule has 0 fully saturated rings. The molecule has 0 aliphatic rings. The number of ether oxygens (including phenoxy) is 2. The van der Waals surface area contributed by atoms with Crippen LogP contribution in [0.3, 0.4) is 0 Å². The Balaban J connectivity index is 2.88. The van der Waals surface area contributed by atoms with Gasteiger partial charge in [-0.15, -0.1) is 0 Å². The van der Waals surface area contributed by atoms with Crippen molar-refractivity contribution in [2.24, 2.45) is 0 Å². The van der Waals surface area contributed by atoms with Gasteiger partial charge in [0.1, 0.15) is 0 Å². The first kappa shape index (κ1) is 11.2. The summed E-state index contributed by atoms with van der Waals surface area (Å²) < 4.78 is 10.3. The number of nitrogens with zero attached hydrogens (tertiary/aromatic N) is 1. The average molecular weight is 233 g/mol. The number of carbonyl (C=O) groups is 1. The molecule has 0 amide bonds. The van der Waals surface area contributed by atoms with E-state index >= 15 is 0 Å². The summed E-state index contributed by atoms with van der Waals surface area (Å²) in [4.78, 5) is 15.1. The summed E-state index contributed by atoms with van der Waals surface area (Å²) in [5.74, 6) is -0.625. The number of aromatic nitrogens is 1. The summed E-state index contributed by atoms with van der Waals surface area (Å²) in [5.41, 5.74) is 0.408. The van der Waals surface area contributed by atoms with Gasteiger partial charge < -0.3 is 14.6 Å². The van der Waals surface area contributed by atoms with Gasteiger partial charge in [-0.1, -0.05) is 12.1 Å². The largest absolute Gasteiger partial charge is 0.492 e. The summed E-state index contributed by atoms with van der Waals surface area (Å²) in [6.07, 6.45) is 0. The van der Waals surface area contributed by atoms with Crippen molar-refractivity contribution in [2.45, 2.75) is 0 Å². The van der Waals surface area contributed by atoms with Gasteiger partial charge in [-0.25, -0.2) is 9.78 Å². The summed E-state index contributed by atoms with van der Waals surface area (Å²) in [6, 6.07) is 7.14. The minimum Gasteiger partial charge on any atom is -0.492 e. The lowest BCUT2D eigenvalue weighted by molar-refractivity contribution is 0.0686. The van der Waals surface area contributed by atoms with E-state index in [1.165, 1.54) is 14.2 Å². The highest BCUT2D eigenvalue weighted by Crippen LogP contribution is 2.36. The van der Waals surface area contributed by atoms with E-state index in [4.69, 9.17) is 14.6 Å². The quantitative estimate of drug-likeness (QED) is 0.877. The normalized spacial score (nSPS) is 10.2. The van der Waals surface area contributed by atoms with Gasteiger partial charge >= 0.3 is 5.97 Å². The van der Waals surface area contributed by atoms with Crippen LogP contribution < -0.4 is 9.47 Å². The molecule has 2 aromatic rings. The van der Waals surface area contributed by atoms with Crippen molar-refractivity contribution in [3.63, 3.8) is 0 Å². The van der Waals surface area contributed by atoms with E-state index in [2.05, 4.69) is 4.98 Å². The van der Waals surface area contributed by atoms with Crippen LogP contribution in [0.4, 0.5) is 0 Å². The van der Waals surface area contributed by atoms with Gasteiger partial charge in [-0.3, -0.25) is 0 Å². The Hall–Kier alpha value is -2.30. The van der Waals surface area contributed by atoms with E-state index in [9.17, 15) is 4.79 Å². The van der Waals surface area contributed by atoms with Crippen molar-refractivity contribution in [1.82, 2.24) is 4.98 Å². The third-order valence-electron chi connectivity index (χ3n) is 2.41. The zero-order valence-corrected chi connectivity index (χ0v) is 9.43. The monoisotopic (exact) mass is 233 g/mol. The highest BCUT2D eigenvalue weighted by molar-refractivity contribution is 5.97. The molecule has 2 rings (SSSR count). The molecule has 0 unspecified atom stereocenters. The van der Waals surface area contributed by atoms with Crippen LogP contribution in [0.1, 0.15) is 10.5 Å². The molecular weight excluding hydrogens is 222 g/mol. The Bertz CT molecular complexity index is 580. The SMILES string of the molecule is COc1c(C(=O)O)nc2ccccc2c1OC. The molecule has 0 spiro atoms. The third-order valence-corrected chi connectivity index (χ3v) is 2.41. The fraction of sp³-hybridized carbons (Fsp3) is 0.167. The number of rotatable bonds is 3. The number of fused-ring (bicyclic) bond motifs is 1. The topological polar surface area (TPSA) is 68.7 Å². The first-order chi connectivity index (χ1) is 8.19. The fourth-order valence-electron chi connectivity index (χ4n) is 1.70. The molecule has 0 atom stereocenters. The molecule has 1 aromatic heterocycles. The lowest BCUT2D eigenvalue weighted by Gasteiger charge is -2.12. The number of carboxylic acids is 1. The van der Waals surface area contributed by atoms with Crippen molar-refractivity contribution in [3.05, 3.63) is 30.0 Å². The third kappa shape index (κ3) is 1.75. The van der Waals surface area contributed by atoms with Crippen molar-refractivity contribution in [1.29, 1.82) is 0 Å². The molecule has 5 nitrogen and oxygen atoms in total. The van der Waals surface area contributed by atoms with Crippen molar-refractivity contribution < 1.29 is 19.4 Å². The van der Waals surface area contributed by atoms with Crippen LogP contribution in [0.15, 0.2) is 24.3 Å². The van der Waals surface area contributed by atoms with Crippen molar-refractivity contribution in [3.8, 4) is 11.5 Å². The van der Waals surface area contributed by atoms with Gasteiger partial charge in [0.2, 0.25) is 0 Å². The average Bonchev–Trinajstić information content (AvgIpc) is 2.36. The highest BCUT2D eigenvalue weighted by atomic mass is 16.5. The number of carboxylic acid groups (broad SMARTS) is 1. The Kier molecular flexibility index (Phi) is 2.82. The fourth-order valence-corrected chi connectivity index (χ4v) is 1.70. The predicted molar refractivity (Wildman–Crippen MR) is 61.8 cm³/mol. The van der Waals surface area contributed by atoms with Gasteiger partial charge in [-0.2, -0.15) is 0 Å². The van der Waals surface area contributed by atoms with Crippen LogP contribution in [-0.2, 0) is 0 Å². The van der Waals surface area contributed by atoms with Crippen LogP contribution in [-0.4, -0.2) is 30.3 Å². The summed E-state index contributed by atoms with van der Waals surface area (Å²) in [5, 5.41) is 9.80. The molecule has 88 valence electrons. The predicted octanol–water partition coefficient (Wildman–Crippen LogP) is 1.95. The number of pyridine rings is 1. The van der Waals surface area contributed by atoms with Gasteiger partial charge in [0.15, 0.2) is 17.2 Å². The maximum absolute atomic E-state index is 11.1. The smallest absolute Gasteiger partial charge is 0.358 e. The van der Waals surface area contributed by atoms with Crippen molar-refractivity contribution >= 4 is 16.9 Å². The maximum Gasteiger partial charge on any atom is 0.358 e. The molecule has 0 radical (unpaired) electrons. The van der Waals surface area contributed by atoms with E-state index in [-0.39, 0.29) is 11.4 Å². The van der Waals surface area contributed by atoms with E-state index in [1.807, 2.05) is 6.07 Å². The van der Waals surface area contributed by atoms with Gasteiger partial charge in [-0.05, 0) is 12.1 Å². The second-order valence-corrected chi connectivity index (χ2v) is 3.35. The minimum absolute atomic E-state index is 0.138. The number of aromatic carboxylic acids is 1. The van der Waals surface area contributed by atoms with Crippen LogP contribution in [0.5, 0.6) is 11.5 Å². The van der Waals surface area contributed by atoms with Crippen LogP contribution in [0, 0.1) is 0 Å². The van der Waals surface area contributed by atoms with E-state index in [0.29, 0.717) is 11.3 Å². The van der Waals surface area contributed by atoms with Crippen molar-refractivity contribution in [2.75, 3.05) is 14.2 Å². The van der Waals surface area contributed by atoms with Gasteiger partial charge in [0.25, 0.3) is 0 Å². The molecular formula is C12H11NO4. The second-order valence-electron chi connectivity index (χ2n) is 3.35. The summed E-state index contributed by atoms with van der Waals surface area (Å²) in [6.45, 7) is 0. The molecule has 0 bridgehead atoms. The lowest BCUT2D eigenvalue weighted by atomic mass is 10.1. The van der Waals surface area contributed by atoms with E-state index < -0.39 is 5.97 Å². The molecule has 1 aromatic carbocycles. The number of hydrogen-bond acceptors (Lipinski definition) is 4. The van der Waals surface area contributed by atoms with Crippen LogP contribution >= 0.6 is 0 Å². The highest BCUT2D eigenvalue weighted by Gasteiger charge is 2.20. The molecule has 0 aliphatic carbocycles. The molecule has 0 aliphatic heterocycles. The van der Waals surface area contributed by atoms with Gasteiger partial charge in [0.05, 0.1) is 19.7 Å². The number of methoxy groups -OCH3 is 2. The summed E-state index contributed by atoms with van der Waals surface area (Å²) >= 11 is 0. The molecule has 17 heavy (non-hydrogen) atoms. The first-order valence-corrected chi connectivity index (χ1v) is 4.93. The minimum atomic E-state index is -1.15. The van der Waals surface area contributed by atoms with E-state index in [1.54, 1.807) is 18.2 Å². The number of benzene rings is 1. The molecule has 1 N–H and O–H groups in total. The number of hydrogen-bond donors (Lipinski definition) is 1. The van der Waals surface area contributed by atoms with Gasteiger partial charge in [0, 0.05) is 5.39 Å².